The number of rotatable bonds is 3. The first-order chi connectivity index (χ1) is 10.7. The lowest BCUT2D eigenvalue weighted by Crippen LogP contribution is -2.31. The number of halogens is 4. The predicted octanol–water partition coefficient (Wildman–Crippen LogP) is 4.16. The Labute approximate surface area is 133 Å². The molecule has 0 radical (unpaired) electrons. The zero-order valence-corrected chi connectivity index (χ0v) is 12.1. The number of hydrogen-bond donors (Lipinski definition) is 2. The fourth-order valence-electron chi connectivity index (χ4n) is 1.88. The summed E-state index contributed by atoms with van der Waals surface area (Å²) in [5.74, 6) is -0.863. The minimum absolute atomic E-state index is 0.0307. The van der Waals surface area contributed by atoms with E-state index in [1.54, 1.807) is 0 Å². The van der Waals surface area contributed by atoms with Crippen LogP contribution in [0.5, 0.6) is 11.5 Å². The first-order valence-electron chi connectivity index (χ1n) is 6.11. The summed E-state index contributed by atoms with van der Waals surface area (Å²) in [7, 11) is 0. The Bertz CT molecular complexity index is 737. The Kier molecular flexibility index (Phi) is 4.55. The van der Waals surface area contributed by atoms with Crippen LogP contribution in [-0.2, 0) is 0 Å². The molecule has 9 heteroatoms. The third-order valence-electron chi connectivity index (χ3n) is 2.71. The molecule has 23 heavy (non-hydrogen) atoms. The normalized spacial score (nSPS) is 11.1. The van der Waals surface area contributed by atoms with Gasteiger partial charge < -0.3 is 15.6 Å². The molecule has 0 spiro atoms. The number of benzene rings is 2. The van der Waals surface area contributed by atoms with Gasteiger partial charge in [-0.3, -0.25) is 4.90 Å². The third kappa shape index (κ3) is 4.19. The summed E-state index contributed by atoms with van der Waals surface area (Å²) in [6, 6.07) is 7.42. The number of nitrogens with two attached hydrogens (primary N) is 1. The van der Waals surface area contributed by atoms with Crippen molar-refractivity contribution in [3.05, 3.63) is 47.5 Å². The molecule has 122 valence electrons. The van der Waals surface area contributed by atoms with Gasteiger partial charge in [0.05, 0.1) is 11.4 Å². The highest BCUT2D eigenvalue weighted by molar-refractivity contribution is 6.31. The summed E-state index contributed by atoms with van der Waals surface area (Å²) in [6.07, 6.45) is -4.88. The molecule has 0 unspecified atom stereocenters. The summed E-state index contributed by atoms with van der Waals surface area (Å²) >= 11 is 5.81. The van der Waals surface area contributed by atoms with Crippen LogP contribution in [-0.4, -0.2) is 17.5 Å². The van der Waals surface area contributed by atoms with Gasteiger partial charge >= 0.3 is 12.4 Å². The smallest absolute Gasteiger partial charge is 0.506 e. The molecule has 0 aromatic heterocycles. The molecule has 0 atom stereocenters. The highest BCUT2D eigenvalue weighted by Crippen LogP contribution is 2.36. The van der Waals surface area contributed by atoms with Crippen LogP contribution in [0.4, 0.5) is 29.3 Å². The van der Waals surface area contributed by atoms with Gasteiger partial charge in [0.2, 0.25) is 0 Å². The number of carbonyl (C=O) groups excluding carboxylic acids is 1. The summed E-state index contributed by atoms with van der Waals surface area (Å²) in [5, 5.41) is 10.1. The van der Waals surface area contributed by atoms with Crippen molar-refractivity contribution < 1.29 is 27.8 Å². The number of phenolic OH excluding ortho intramolecular Hbond substituents is 1. The molecular formula is C14H10ClF3N2O3. The first kappa shape index (κ1) is 16.8. The van der Waals surface area contributed by atoms with Crippen LogP contribution in [0.25, 0.3) is 0 Å². The number of carbonyl (C=O) groups is 1. The molecule has 0 aliphatic heterocycles. The number of nitrogens with zero attached hydrogens (tertiary/aromatic N) is 1. The maximum Gasteiger partial charge on any atom is 0.573 e. The second kappa shape index (κ2) is 6.25. The van der Waals surface area contributed by atoms with Crippen molar-refractivity contribution in [3.63, 3.8) is 0 Å². The molecule has 2 aromatic carbocycles. The largest absolute Gasteiger partial charge is 0.573 e. The first-order valence-corrected chi connectivity index (χ1v) is 6.49. The summed E-state index contributed by atoms with van der Waals surface area (Å²) < 4.78 is 40.7. The molecule has 2 aromatic rings. The van der Waals surface area contributed by atoms with Crippen molar-refractivity contribution in [2.24, 2.45) is 5.73 Å². The summed E-state index contributed by atoms with van der Waals surface area (Å²) in [5.41, 5.74) is 5.16. The number of aromatic hydroxyl groups is 1. The van der Waals surface area contributed by atoms with Gasteiger partial charge in [-0.2, -0.15) is 0 Å². The lowest BCUT2D eigenvalue weighted by Gasteiger charge is -2.22. The molecule has 0 saturated carbocycles. The van der Waals surface area contributed by atoms with E-state index in [0.717, 1.165) is 17.0 Å². The number of hydrogen-bond acceptors (Lipinski definition) is 3. The SMILES string of the molecule is NC(=O)N(c1cccc(OC(F)(F)F)c1)c1cc(Cl)ccc1O. The Balaban J connectivity index is 2.48. The molecule has 0 aliphatic rings. The second-order valence-electron chi connectivity index (χ2n) is 4.35. The molecule has 0 heterocycles. The molecule has 5 nitrogen and oxygen atoms in total. The number of alkyl halides is 3. The predicted molar refractivity (Wildman–Crippen MR) is 78.0 cm³/mol. The van der Waals surface area contributed by atoms with Crippen molar-refractivity contribution in [1.29, 1.82) is 0 Å². The van der Waals surface area contributed by atoms with E-state index in [-0.39, 0.29) is 22.1 Å². The Hall–Kier alpha value is -2.61. The van der Waals surface area contributed by atoms with E-state index >= 15 is 0 Å². The fraction of sp³-hybridized carbons (Fsp3) is 0.0714. The van der Waals surface area contributed by atoms with E-state index in [4.69, 9.17) is 17.3 Å². The molecular weight excluding hydrogens is 337 g/mol. The molecule has 3 N–H and O–H groups in total. The van der Waals surface area contributed by atoms with Crippen molar-refractivity contribution >= 4 is 29.0 Å². The van der Waals surface area contributed by atoms with Crippen LogP contribution in [0.15, 0.2) is 42.5 Å². The zero-order valence-electron chi connectivity index (χ0n) is 11.3. The van der Waals surface area contributed by atoms with Crippen LogP contribution < -0.4 is 15.4 Å². The monoisotopic (exact) mass is 346 g/mol. The number of phenols is 1. The number of amides is 2. The summed E-state index contributed by atoms with van der Waals surface area (Å²) in [6.45, 7) is 0. The van der Waals surface area contributed by atoms with Crippen LogP contribution >= 0.6 is 11.6 Å². The van der Waals surface area contributed by atoms with Gasteiger partial charge in [-0.15, -0.1) is 13.2 Å². The van der Waals surface area contributed by atoms with Gasteiger partial charge in [0.15, 0.2) is 0 Å². The maximum atomic E-state index is 12.3. The topological polar surface area (TPSA) is 75.8 Å². The van der Waals surface area contributed by atoms with Gasteiger partial charge in [0, 0.05) is 11.1 Å². The van der Waals surface area contributed by atoms with E-state index in [9.17, 15) is 23.1 Å². The van der Waals surface area contributed by atoms with E-state index in [1.165, 1.54) is 30.3 Å². The second-order valence-corrected chi connectivity index (χ2v) is 4.79. The average Bonchev–Trinajstić information content (AvgIpc) is 2.41. The third-order valence-corrected chi connectivity index (χ3v) is 2.94. The van der Waals surface area contributed by atoms with Crippen molar-refractivity contribution in [2.75, 3.05) is 4.90 Å². The van der Waals surface area contributed by atoms with E-state index in [0.29, 0.717) is 0 Å². The Morgan fingerprint density at radius 3 is 2.52 bits per heavy atom. The van der Waals surface area contributed by atoms with Crippen LogP contribution in [0.3, 0.4) is 0 Å². The molecule has 0 fully saturated rings. The lowest BCUT2D eigenvalue weighted by molar-refractivity contribution is -0.274. The minimum Gasteiger partial charge on any atom is -0.506 e. The Morgan fingerprint density at radius 1 is 1.22 bits per heavy atom. The molecule has 2 rings (SSSR count). The number of primary amides is 1. The molecule has 0 aliphatic carbocycles. The number of urea groups is 1. The lowest BCUT2D eigenvalue weighted by atomic mass is 10.2. The highest BCUT2D eigenvalue weighted by atomic mass is 35.5. The van der Waals surface area contributed by atoms with Crippen molar-refractivity contribution in [1.82, 2.24) is 0 Å². The quantitative estimate of drug-likeness (QED) is 0.876. The van der Waals surface area contributed by atoms with Gasteiger partial charge in [-0.25, -0.2) is 4.79 Å². The van der Waals surface area contributed by atoms with Gasteiger partial charge in [-0.05, 0) is 30.3 Å². The van der Waals surface area contributed by atoms with Crippen molar-refractivity contribution in [2.45, 2.75) is 6.36 Å². The van der Waals surface area contributed by atoms with Crippen molar-refractivity contribution in [3.8, 4) is 11.5 Å². The average molecular weight is 347 g/mol. The minimum atomic E-state index is -4.88. The van der Waals surface area contributed by atoms with Crippen LogP contribution in [0.2, 0.25) is 5.02 Å². The Morgan fingerprint density at radius 2 is 1.91 bits per heavy atom. The number of ether oxygens (including phenoxy) is 1. The standard InChI is InChI=1S/C14H10ClF3N2O3/c15-8-4-5-12(21)11(6-8)20(13(19)22)9-2-1-3-10(7-9)23-14(16,17)18/h1-7,21H,(H2,19,22). The number of anilines is 2. The zero-order chi connectivity index (χ0) is 17.2. The maximum absolute atomic E-state index is 12.3. The fourth-order valence-corrected chi connectivity index (χ4v) is 2.05. The van der Waals surface area contributed by atoms with Gasteiger partial charge in [0.1, 0.15) is 11.5 Å². The summed E-state index contributed by atoms with van der Waals surface area (Å²) in [4.78, 5) is 12.5. The van der Waals surface area contributed by atoms with E-state index < -0.39 is 18.1 Å². The van der Waals surface area contributed by atoms with Gasteiger partial charge in [-0.1, -0.05) is 17.7 Å². The molecule has 0 bridgehead atoms. The van der Waals surface area contributed by atoms with Gasteiger partial charge in [0.25, 0.3) is 0 Å². The van der Waals surface area contributed by atoms with Crippen LogP contribution in [0, 0.1) is 0 Å². The highest BCUT2D eigenvalue weighted by Gasteiger charge is 2.31. The van der Waals surface area contributed by atoms with Crippen LogP contribution in [0.1, 0.15) is 0 Å². The van der Waals surface area contributed by atoms with E-state index in [1.807, 2.05) is 0 Å². The van der Waals surface area contributed by atoms with E-state index in [2.05, 4.69) is 4.74 Å². The molecule has 0 saturated heterocycles. The molecule has 2 amide bonds.